The van der Waals surface area contributed by atoms with E-state index in [9.17, 15) is 4.79 Å². The van der Waals surface area contributed by atoms with E-state index in [-0.39, 0.29) is 17.4 Å². The van der Waals surface area contributed by atoms with E-state index in [1.165, 1.54) is 0 Å². The van der Waals surface area contributed by atoms with Gasteiger partial charge in [0, 0.05) is 0 Å². The number of amides is 1. The van der Waals surface area contributed by atoms with Gasteiger partial charge in [0.2, 0.25) is 5.91 Å². The van der Waals surface area contributed by atoms with Gasteiger partial charge in [-0.25, -0.2) is 5.84 Å². The van der Waals surface area contributed by atoms with Crippen LogP contribution in [0.3, 0.4) is 0 Å². The van der Waals surface area contributed by atoms with Crippen LogP contribution in [0.15, 0.2) is 24.3 Å². The van der Waals surface area contributed by atoms with E-state index in [1.807, 2.05) is 31.2 Å². The predicted molar refractivity (Wildman–Crippen MR) is 76.3 cm³/mol. The van der Waals surface area contributed by atoms with E-state index in [4.69, 9.17) is 10.6 Å². The van der Waals surface area contributed by atoms with Crippen LogP contribution in [0.2, 0.25) is 0 Å². The van der Waals surface area contributed by atoms with Crippen LogP contribution in [0, 0.1) is 0 Å². The number of rotatable bonds is 6. The molecule has 1 unspecified atom stereocenters. The van der Waals surface area contributed by atoms with Gasteiger partial charge in [0.1, 0.15) is 0 Å². The molecule has 4 heteroatoms. The predicted octanol–water partition coefficient (Wildman–Crippen LogP) is 2.49. The Kier molecular flexibility index (Phi) is 5.51. The highest BCUT2D eigenvalue weighted by molar-refractivity contribution is 5.82. The number of hydrogen-bond acceptors (Lipinski definition) is 3. The molecule has 0 saturated heterocycles. The number of benzene rings is 1. The average molecular weight is 264 g/mol. The number of carbonyl (C=O) groups is 1. The molecule has 0 aliphatic rings. The summed E-state index contributed by atoms with van der Waals surface area (Å²) in [6.45, 7) is 8.67. The van der Waals surface area contributed by atoms with Gasteiger partial charge in [-0.2, -0.15) is 0 Å². The fraction of sp³-hybridized carbons (Fsp3) is 0.533. The highest BCUT2D eigenvalue weighted by atomic mass is 16.5. The maximum Gasteiger partial charge on any atom is 0.241 e. The summed E-state index contributed by atoms with van der Waals surface area (Å²) in [7, 11) is 0. The molecule has 0 spiro atoms. The molecule has 106 valence electrons. The molecule has 1 amide bonds. The van der Waals surface area contributed by atoms with Crippen molar-refractivity contribution in [3.63, 3.8) is 0 Å². The maximum absolute atomic E-state index is 11.4. The van der Waals surface area contributed by atoms with Crippen LogP contribution in [0.25, 0.3) is 0 Å². The second kappa shape index (κ2) is 6.68. The Hall–Kier alpha value is -1.39. The first-order valence-corrected chi connectivity index (χ1v) is 6.63. The van der Waals surface area contributed by atoms with Crippen molar-refractivity contribution in [2.24, 2.45) is 5.84 Å². The number of nitrogens with one attached hydrogen (secondary N) is 1. The van der Waals surface area contributed by atoms with E-state index in [0.29, 0.717) is 6.61 Å². The van der Waals surface area contributed by atoms with Crippen molar-refractivity contribution in [1.29, 1.82) is 0 Å². The largest absolute Gasteiger partial charge is 0.371 e. The molecular weight excluding hydrogens is 240 g/mol. The normalized spacial score (nSPS) is 13.1. The fourth-order valence-electron chi connectivity index (χ4n) is 1.56. The first-order chi connectivity index (χ1) is 8.89. The van der Waals surface area contributed by atoms with Crippen molar-refractivity contribution in [2.75, 3.05) is 0 Å². The number of hydrazine groups is 1. The smallest absolute Gasteiger partial charge is 0.241 e. The molecule has 1 aromatic carbocycles. The zero-order valence-electron chi connectivity index (χ0n) is 12.2. The van der Waals surface area contributed by atoms with Gasteiger partial charge in [-0.05, 0) is 38.3 Å². The van der Waals surface area contributed by atoms with Gasteiger partial charge < -0.3 is 4.74 Å². The lowest BCUT2D eigenvalue weighted by Gasteiger charge is -2.23. The summed E-state index contributed by atoms with van der Waals surface area (Å²) in [5.41, 5.74) is 4.11. The van der Waals surface area contributed by atoms with Crippen LogP contribution in [-0.2, 0) is 16.1 Å². The summed E-state index contributed by atoms with van der Waals surface area (Å²) < 4.78 is 5.83. The Morgan fingerprint density at radius 2 is 1.95 bits per heavy atom. The minimum atomic E-state index is -0.243. The summed E-state index contributed by atoms with van der Waals surface area (Å²) in [5, 5.41) is 0. The molecule has 3 N–H and O–H groups in total. The minimum Gasteiger partial charge on any atom is -0.371 e. The van der Waals surface area contributed by atoms with Crippen molar-refractivity contribution < 1.29 is 9.53 Å². The van der Waals surface area contributed by atoms with Crippen molar-refractivity contribution >= 4 is 5.91 Å². The second-order valence-electron chi connectivity index (χ2n) is 5.37. The topological polar surface area (TPSA) is 64.3 Å². The van der Waals surface area contributed by atoms with Crippen LogP contribution in [-0.4, -0.2) is 11.5 Å². The number of carbonyl (C=O) groups excluding carboxylic acids is 1. The van der Waals surface area contributed by atoms with Gasteiger partial charge in [0.15, 0.2) is 0 Å². The molecule has 0 heterocycles. The van der Waals surface area contributed by atoms with Crippen LogP contribution < -0.4 is 11.3 Å². The molecule has 0 saturated carbocycles. The summed E-state index contributed by atoms with van der Waals surface area (Å²) in [6.07, 6.45) is 0.971. The molecule has 19 heavy (non-hydrogen) atoms. The Labute approximate surface area is 115 Å². The monoisotopic (exact) mass is 264 g/mol. The third kappa shape index (κ3) is 4.65. The average Bonchev–Trinajstić information content (AvgIpc) is 2.44. The number of ether oxygens (including phenoxy) is 1. The van der Waals surface area contributed by atoms with Crippen LogP contribution in [0.4, 0.5) is 0 Å². The van der Waals surface area contributed by atoms with E-state index in [0.717, 1.165) is 17.5 Å². The lowest BCUT2D eigenvalue weighted by Crippen LogP contribution is -2.33. The third-order valence-corrected chi connectivity index (χ3v) is 3.50. The second-order valence-corrected chi connectivity index (χ2v) is 5.37. The first-order valence-electron chi connectivity index (χ1n) is 6.63. The standard InChI is InChI=1S/C15H24N2O2/c1-5-15(3,4)19-10-12-6-8-13(9-7-12)11(2)14(18)17-16/h6-9,11H,5,10,16H2,1-4H3,(H,17,18). The van der Waals surface area contributed by atoms with Crippen LogP contribution in [0.5, 0.6) is 0 Å². The number of nitrogens with two attached hydrogens (primary N) is 1. The summed E-state index contributed by atoms with van der Waals surface area (Å²) in [5.74, 6) is 4.70. The molecule has 1 rings (SSSR count). The van der Waals surface area contributed by atoms with Crippen LogP contribution in [0.1, 0.15) is 51.2 Å². The maximum atomic E-state index is 11.4. The zero-order chi connectivity index (χ0) is 14.5. The van der Waals surface area contributed by atoms with Gasteiger partial charge >= 0.3 is 0 Å². The minimum absolute atomic E-state index is 0.106. The molecule has 0 aliphatic carbocycles. The summed E-state index contributed by atoms with van der Waals surface area (Å²) in [4.78, 5) is 11.4. The van der Waals surface area contributed by atoms with Crippen molar-refractivity contribution in [3.05, 3.63) is 35.4 Å². The first kappa shape index (κ1) is 15.7. The SMILES string of the molecule is CCC(C)(C)OCc1ccc(C(C)C(=O)NN)cc1. The molecule has 0 aromatic heterocycles. The fourth-order valence-corrected chi connectivity index (χ4v) is 1.56. The van der Waals surface area contributed by atoms with Gasteiger partial charge in [-0.3, -0.25) is 10.2 Å². The molecule has 0 fully saturated rings. The van der Waals surface area contributed by atoms with Crippen molar-refractivity contribution in [2.45, 2.75) is 52.2 Å². The van der Waals surface area contributed by atoms with E-state index >= 15 is 0 Å². The number of hydrogen-bond donors (Lipinski definition) is 2. The van der Waals surface area contributed by atoms with Gasteiger partial charge in [-0.1, -0.05) is 31.2 Å². The molecular formula is C15H24N2O2. The summed E-state index contributed by atoms with van der Waals surface area (Å²) in [6, 6.07) is 7.86. The van der Waals surface area contributed by atoms with E-state index < -0.39 is 0 Å². The Balaban J connectivity index is 2.64. The van der Waals surface area contributed by atoms with Gasteiger partial charge in [0.05, 0.1) is 18.1 Å². The van der Waals surface area contributed by atoms with Crippen LogP contribution >= 0.6 is 0 Å². The molecule has 0 bridgehead atoms. The zero-order valence-corrected chi connectivity index (χ0v) is 12.2. The lowest BCUT2D eigenvalue weighted by molar-refractivity contribution is -0.122. The summed E-state index contributed by atoms with van der Waals surface area (Å²) >= 11 is 0. The molecule has 1 aromatic rings. The van der Waals surface area contributed by atoms with Gasteiger partial charge in [0.25, 0.3) is 0 Å². The quantitative estimate of drug-likeness (QED) is 0.471. The Morgan fingerprint density at radius 1 is 1.37 bits per heavy atom. The van der Waals surface area contributed by atoms with Crippen molar-refractivity contribution in [1.82, 2.24) is 5.43 Å². The third-order valence-electron chi connectivity index (χ3n) is 3.50. The molecule has 1 atom stereocenters. The highest BCUT2D eigenvalue weighted by Crippen LogP contribution is 2.19. The molecule has 4 nitrogen and oxygen atoms in total. The Morgan fingerprint density at radius 3 is 2.42 bits per heavy atom. The molecule has 0 radical (unpaired) electrons. The Bertz CT molecular complexity index is 413. The van der Waals surface area contributed by atoms with E-state index in [1.54, 1.807) is 0 Å². The van der Waals surface area contributed by atoms with E-state index in [2.05, 4.69) is 26.2 Å². The lowest BCUT2D eigenvalue weighted by atomic mass is 9.99. The van der Waals surface area contributed by atoms with Gasteiger partial charge in [-0.15, -0.1) is 0 Å². The highest BCUT2D eigenvalue weighted by Gasteiger charge is 2.16. The molecule has 0 aliphatic heterocycles. The van der Waals surface area contributed by atoms with Crippen molar-refractivity contribution in [3.8, 4) is 0 Å².